The normalized spacial score (nSPS) is 12.0. The molecule has 1 unspecified atom stereocenters. The largest absolute Gasteiger partial charge is 0.338 e. The maximum absolute atomic E-state index is 13.1. The molecule has 0 aliphatic rings. The summed E-state index contributed by atoms with van der Waals surface area (Å²) in [7, 11) is 1.92. The van der Waals surface area contributed by atoms with Crippen molar-refractivity contribution in [1.82, 2.24) is 29.9 Å². The van der Waals surface area contributed by atoms with Crippen LogP contribution in [0.5, 0.6) is 0 Å². The average molecular weight is 422 g/mol. The van der Waals surface area contributed by atoms with Gasteiger partial charge in [-0.1, -0.05) is 59.8 Å². The fourth-order valence-electron chi connectivity index (χ4n) is 3.78. The van der Waals surface area contributed by atoms with Gasteiger partial charge in [-0.3, -0.25) is 4.79 Å². The summed E-state index contributed by atoms with van der Waals surface area (Å²) in [5, 5.41) is 11.6. The molecule has 1 amide bonds. The fourth-order valence-corrected chi connectivity index (χ4v) is 3.78. The topological polar surface area (TPSA) is 77.6 Å². The maximum atomic E-state index is 13.1. The summed E-state index contributed by atoms with van der Waals surface area (Å²) in [6, 6.07) is 24.9. The molecule has 0 spiro atoms. The number of nitrogens with zero attached hydrogens (tertiary/aromatic N) is 5. The summed E-state index contributed by atoms with van der Waals surface area (Å²) in [6.45, 7) is 0.586. The molecule has 7 nitrogen and oxygen atoms in total. The first-order valence-electron chi connectivity index (χ1n) is 10.4. The highest BCUT2D eigenvalue weighted by atomic mass is 16.1. The molecule has 2 heterocycles. The van der Waals surface area contributed by atoms with Crippen LogP contribution in [0.4, 0.5) is 0 Å². The first-order valence-corrected chi connectivity index (χ1v) is 10.4. The zero-order chi connectivity index (χ0) is 21.9. The van der Waals surface area contributed by atoms with Crippen LogP contribution in [0.3, 0.4) is 0 Å². The summed E-state index contributed by atoms with van der Waals surface area (Å²) < 4.78 is 3.78. The number of imidazole rings is 1. The fraction of sp³-hybridized carbons (Fsp3) is 0.120. The van der Waals surface area contributed by atoms with Crippen LogP contribution in [0, 0.1) is 0 Å². The van der Waals surface area contributed by atoms with Crippen molar-refractivity contribution in [1.29, 1.82) is 0 Å². The predicted molar refractivity (Wildman–Crippen MR) is 122 cm³/mol. The number of aryl methyl sites for hydroxylation is 1. The highest BCUT2D eigenvalue weighted by Gasteiger charge is 2.21. The highest BCUT2D eigenvalue weighted by molar-refractivity contribution is 5.94. The Morgan fingerprint density at radius 2 is 1.72 bits per heavy atom. The van der Waals surface area contributed by atoms with Gasteiger partial charge in [-0.25, -0.2) is 9.67 Å². The average Bonchev–Trinajstić information content (AvgIpc) is 3.44. The zero-order valence-corrected chi connectivity index (χ0v) is 17.6. The van der Waals surface area contributed by atoms with Crippen molar-refractivity contribution < 1.29 is 4.79 Å². The number of nitrogens with one attached hydrogen (secondary N) is 1. The van der Waals surface area contributed by atoms with Gasteiger partial charge in [0.1, 0.15) is 17.4 Å². The van der Waals surface area contributed by atoms with Crippen LogP contribution in [0.25, 0.3) is 11.0 Å². The third-order valence-corrected chi connectivity index (χ3v) is 5.49. The van der Waals surface area contributed by atoms with Gasteiger partial charge in [0.25, 0.3) is 5.91 Å². The van der Waals surface area contributed by atoms with E-state index in [4.69, 9.17) is 0 Å². The Kier molecular flexibility index (Phi) is 5.21. The second-order valence-corrected chi connectivity index (χ2v) is 7.65. The Labute approximate surface area is 185 Å². The van der Waals surface area contributed by atoms with Gasteiger partial charge in [0, 0.05) is 25.0 Å². The second-order valence-electron chi connectivity index (χ2n) is 7.65. The summed E-state index contributed by atoms with van der Waals surface area (Å²) in [6.07, 6.45) is 3.61. The third-order valence-electron chi connectivity index (χ3n) is 5.49. The van der Waals surface area contributed by atoms with Crippen LogP contribution in [0.15, 0.2) is 91.3 Å². The minimum absolute atomic E-state index is 0.153. The van der Waals surface area contributed by atoms with Crippen molar-refractivity contribution in [2.24, 2.45) is 7.05 Å². The van der Waals surface area contributed by atoms with E-state index >= 15 is 0 Å². The number of benzene rings is 3. The minimum atomic E-state index is -0.343. The quantitative estimate of drug-likeness (QED) is 0.452. The van der Waals surface area contributed by atoms with Gasteiger partial charge in [-0.15, -0.1) is 5.10 Å². The molecule has 5 aromatic rings. The SMILES string of the molecule is Cn1ccnc1C(NC(=O)c1ccc(Cn2nnc3ccccc32)cc1)c1ccccc1. The van der Waals surface area contributed by atoms with E-state index in [0.29, 0.717) is 12.1 Å². The Morgan fingerprint density at radius 1 is 0.969 bits per heavy atom. The molecule has 0 bridgehead atoms. The van der Waals surface area contributed by atoms with E-state index in [1.54, 1.807) is 6.20 Å². The number of amides is 1. The van der Waals surface area contributed by atoms with Crippen LogP contribution in [-0.4, -0.2) is 30.5 Å². The van der Waals surface area contributed by atoms with Crippen LogP contribution in [0.2, 0.25) is 0 Å². The summed E-state index contributed by atoms with van der Waals surface area (Å²) in [4.78, 5) is 17.5. The maximum Gasteiger partial charge on any atom is 0.252 e. The van der Waals surface area contributed by atoms with E-state index in [2.05, 4.69) is 20.6 Å². The van der Waals surface area contributed by atoms with Gasteiger partial charge in [0.15, 0.2) is 0 Å². The lowest BCUT2D eigenvalue weighted by Gasteiger charge is -2.19. The van der Waals surface area contributed by atoms with Gasteiger partial charge < -0.3 is 9.88 Å². The van der Waals surface area contributed by atoms with Crippen LogP contribution >= 0.6 is 0 Å². The Bertz CT molecular complexity index is 1350. The molecule has 32 heavy (non-hydrogen) atoms. The molecule has 0 aliphatic heterocycles. The van der Waals surface area contributed by atoms with E-state index < -0.39 is 0 Å². The summed E-state index contributed by atoms with van der Waals surface area (Å²) >= 11 is 0. The number of rotatable bonds is 6. The molecule has 0 fully saturated rings. The smallest absolute Gasteiger partial charge is 0.252 e. The van der Waals surface area contributed by atoms with E-state index in [1.165, 1.54) is 0 Å². The molecule has 3 aromatic carbocycles. The monoisotopic (exact) mass is 422 g/mol. The Morgan fingerprint density at radius 3 is 2.47 bits per heavy atom. The summed E-state index contributed by atoms with van der Waals surface area (Å²) in [5.74, 6) is 0.624. The third kappa shape index (κ3) is 3.88. The summed E-state index contributed by atoms with van der Waals surface area (Å²) in [5.41, 5.74) is 4.46. The van der Waals surface area contributed by atoms with Crippen LogP contribution in [0.1, 0.15) is 33.4 Å². The zero-order valence-electron chi connectivity index (χ0n) is 17.6. The van der Waals surface area contributed by atoms with Crippen LogP contribution < -0.4 is 5.32 Å². The number of hydrogen-bond acceptors (Lipinski definition) is 4. The van der Waals surface area contributed by atoms with Crippen molar-refractivity contribution in [3.63, 3.8) is 0 Å². The predicted octanol–water partition coefficient (Wildman–Crippen LogP) is 3.73. The van der Waals surface area contributed by atoms with Crippen molar-refractivity contribution in [2.75, 3.05) is 0 Å². The Balaban J connectivity index is 1.35. The molecule has 0 saturated carbocycles. The molecule has 0 saturated heterocycles. The first-order chi connectivity index (χ1) is 15.7. The van der Waals surface area contributed by atoms with E-state index in [-0.39, 0.29) is 11.9 Å². The van der Waals surface area contributed by atoms with E-state index in [0.717, 1.165) is 28.0 Å². The molecular formula is C25H22N6O. The molecular weight excluding hydrogens is 400 g/mol. The molecule has 0 radical (unpaired) electrons. The van der Waals surface area contributed by atoms with E-state index in [1.807, 2.05) is 101 Å². The van der Waals surface area contributed by atoms with Gasteiger partial charge in [0.2, 0.25) is 0 Å². The molecule has 2 aromatic heterocycles. The number of carbonyl (C=O) groups excluding carboxylic acids is 1. The minimum Gasteiger partial charge on any atom is -0.338 e. The molecule has 1 atom stereocenters. The molecule has 158 valence electrons. The van der Waals surface area contributed by atoms with Crippen molar-refractivity contribution in [3.05, 3.63) is 114 Å². The van der Waals surface area contributed by atoms with Gasteiger partial charge in [-0.05, 0) is 35.4 Å². The van der Waals surface area contributed by atoms with Gasteiger partial charge in [0.05, 0.1) is 12.1 Å². The lowest BCUT2D eigenvalue weighted by atomic mass is 10.0. The lowest BCUT2D eigenvalue weighted by molar-refractivity contribution is 0.0941. The second kappa shape index (κ2) is 8.47. The first kappa shape index (κ1) is 19.7. The van der Waals surface area contributed by atoms with Gasteiger partial charge >= 0.3 is 0 Å². The van der Waals surface area contributed by atoms with Gasteiger partial charge in [-0.2, -0.15) is 0 Å². The number of aromatic nitrogens is 5. The van der Waals surface area contributed by atoms with Crippen molar-refractivity contribution in [2.45, 2.75) is 12.6 Å². The lowest BCUT2D eigenvalue weighted by Crippen LogP contribution is -2.31. The molecule has 5 rings (SSSR count). The number of para-hydroxylation sites is 1. The van der Waals surface area contributed by atoms with Crippen molar-refractivity contribution in [3.8, 4) is 0 Å². The van der Waals surface area contributed by atoms with Crippen molar-refractivity contribution >= 4 is 16.9 Å². The number of carbonyl (C=O) groups is 1. The Hall–Kier alpha value is -4.26. The standard InChI is InChI=1S/C25H22N6O/c1-30-16-15-26-24(30)23(19-7-3-2-4-8-19)27-25(32)20-13-11-18(12-14-20)17-31-22-10-6-5-9-21(22)28-29-31/h2-16,23H,17H2,1H3,(H,27,32). The molecule has 1 N–H and O–H groups in total. The molecule has 0 aliphatic carbocycles. The highest BCUT2D eigenvalue weighted by Crippen LogP contribution is 2.21. The number of hydrogen-bond donors (Lipinski definition) is 1. The molecule has 7 heteroatoms. The van der Waals surface area contributed by atoms with E-state index in [9.17, 15) is 4.79 Å². The number of fused-ring (bicyclic) bond motifs is 1. The van der Waals surface area contributed by atoms with Crippen LogP contribution in [-0.2, 0) is 13.6 Å².